The Labute approximate surface area is 218 Å². The topological polar surface area (TPSA) is 107 Å². The van der Waals surface area contributed by atoms with Crippen LogP contribution in [0.15, 0.2) is 42.5 Å². The molecule has 0 spiro atoms. The molecular formula is C28H38N2O7. The lowest BCUT2D eigenvalue weighted by Gasteiger charge is -2.23. The second-order valence-electron chi connectivity index (χ2n) is 8.88. The minimum Gasteiger partial charge on any atom is -0.492 e. The molecule has 1 aliphatic rings. The first kappa shape index (κ1) is 28.1. The van der Waals surface area contributed by atoms with Crippen molar-refractivity contribution in [1.29, 1.82) is 0 Å². The number of rotatable bonds is 16. The number of urea groups is 1. The Morgan fingerprint density at radius 2 is 1.76 bits per heavy atom. The monoisotopic (exact) mass is 514 g/mol. The number of benzene rings is 2. The fourth-order valence-corrected chi connectivity index (χ4v) is 4.03. The quantitative estimate of drug-likeness (QED) is 0.292. The number of amides is 2. The summed E-state index contributed by atoms with van der Waals surface area (Å²) in [4.78, 5) is 26.1. The van der Waals surface area contributed by atoms with Gasteiger partial charge in [0.05, 0.1) is 6.54 Å². The van der Waals surface area contributed by atoms with Gasteiger partial charge in [0.15, 0.2) is 17.6 Å². The molecular weight excluding hydrogens is 476 g/mol. The molecule has 9 heteroatoms. The Balaban J connectivity index is 1.53. The van der Waals surface area contributed by atoms with E-state index < -0.39 is 12.1 Å². The Hall–Kier alpha value is -3.46. The molecule has 9 nitrogen and oxygen atoms in total. The van der Waals surface area contributed by atoms with Crippen LogP contribution in [0.5, 0.6) is 17.2 Å². The van der Waals surface area contributed by atoms with E-state index in [1.165, 1.54) is 12.8 Å². The van der Waals surface area contributed by atoms with E-state index in [4.69, 9.17) is 18.9 Å². The van der Waals surface area contributed by atoms with Crippen LogP contribution in [0.4, 0.5) is 10.5 Å². The molecule has 0 saturated carbocycles. The van der Waals surface area contributed by atoms with E-state index in [0.29, 0.717) is 49.2 Å². The maximum Gasteiger partial charge on any atom is 0.333 e. The molecule has 0 radical (unpaired) electrons. The average Bonchev–Trinajstić information content (AvgIpc) is 3.36. The Bertz CT molecular complexity index is 997. The first-order valence-corrected chi connectivity index (χ1v) is 13.0. The predicted octanol–water partition coefficient (Wildman–Crippen LogP) is 5.33. The molecule has 0 aliphatic carbocycles. The van der Waals surface area contributed by atoms with Crippen molar-refractivity contribution in [2.24, 2.45) is 0 Å². The summed E-state index contributed by atoms with van der Waals surface area (Å²) < 4.78 is 21.9. The van der Waals surface area contributed by atoms with Gasteiger partial charge in [0.25, 0.3) is 0 Å². The summed E-state index contributed by atoms with van der Waals surface area (Å²) in [6.45, 7) is 5.87. The number of nitrogens with zero attached hydrogens (tertiary/aromatic N) is 1. The largest absolute Gasteiger partial charge is 0.492 e. The Morgan fingerprint density at radius 1 is 1.00 bits per heavy atom. The zero-order chi connectivity index (χ0) is 26.5. The van der Waals surface area contributed by atoms with Gasteiger partial charge in [0, 0.05) is 31.3 Å². The molecule has 2 amide bonds. The van der Waals surface area contributed by atoms with Crippen LogP contribution >= 0.6 is 0 Å². The number of unbranched alkanes of at least 4 members (excludes halogenated alkanes) is 4. The van der Waals surface area contributed by atoms with Crippen molar-refractivity contribution in [2.75, 3.05) is 38.4 Å². The van der Waals surface area contributed by atoms with Crippen LogP contribution in [0.2, 0.25) is 0 Å². The fraction of sp³-hybridized carbons (Fsp3) is 0.500. The number of fused-ring (bicyclic) bond motifs is 1. The number of carboxylic acids is 1. The normalized spacial score (nSPS) is 12.7. The summed E-state index contributed by atoms with van der Waals surface area (Å²) in [6.07, 6.45) is 4.94. The molecule has 0 bridgehead atoms. The van der Waals surface area contributed by atoms with Crippen molar-refractivity contribution in [3.63, 3.8) is 0 Å². The van der Waals surface area contributed by atoms with Gasteiger partial charge in [-0.2, -0.15) is 0 Å². The Kier molecular flexibility index (Phi) is 11.4. The minimum absolute atomic E-state index is 0.182. The van der Waals surface area contributed by atoms with Crippen molar-refractivity contribution in [2.45, 2.75) is 58.5 Å². The zero-order valence-corrected chi connectivity index (χ0v) is 21.7. The van der Waals surface area contributed by atoms with Gasteiger partial charge in [-0.1, -0.05) is 44.7 Å². The molecule has 2 aromatic carbocycles. The molecule has 1 heterocycles. The third-order valence-electron chi connectivity index (χ3n) is 6.06. The average molecular weight is 515 g/mol. The second kappa shape index (κ2) is 14.9. The van der Waals surface area contributed by atoms with E-state index in [0.717, 1.165) is 24.8 Å². The van der Waals surface area contributed by atoms with Gasteiger partial charge in [0.1, 0.15) is 12.4 Å². The summed E-state index contributed by atoms with van der Waals surface area (Å²) in [5, 5.41) is 12.2. The molecule has 0 fully saturated rings. The predicted molar refractivity (Wildman–Crippen MR) is 141 cm³/mol. The summed E-state index contributed by atoms with van der Waals surface area (Å²) >= 11 is 0. The van der Waals surface area contributed by atoms with Gasteiger partial charge < -0.3 is 34.3 Å². The number of nitrogens with one attached hydrogen (secondary N) is 1. The van der Waals surface area contributed by atoms with Crippen LogP contribution < -0.4 is 19.5 Å². The van der Waals surface area contributed by atoms with E-state index in [-0.39, 0.29) is 19.2 Å². The molecule has 37 heavy (non-hydrogen) atoms. The van der Waals surface area contributed by atoms with Crippen LogP contribution in [0.25, 0.3) is 0 Å². The number of carbonyl (C=O) groups excluding carboxylic acids is 1. The first-order chi connectivity index (χ1) is 18.0. The highest BCUT2D eigenvalue weighted by atomic mass is 16.7. The van der Waals surface area contributed by atoms with Gasteiger partial charge in [-0.15, -0.1) is 0 Å². The molecule has 2 N–H and O–H groups in total. The van der Waals surface area contributed by atoms with Crippen LogP contribution in [0.1, 0.15) is 51.5 Å². The summed E-state index contributed by atoms with van der Waals surface area (Å²) in [6, 6.07) is 12.4. The number of carboxylic acid groups (broad SMARTS) is 1. The molecule has 3 rings (SSSR count). The lowest BCUT2D eigenvalue weighted by Crippen LogP contribution is -2.38. The zero-order valence-electron chi connectivity index (χ0n) is 21.7. The van der Waals surface area contributed by atoms with Crippen LogP contribution in [0.3, 0.4) is 0 Å². The second-order valence-corrected chi connectivity index (χ2v) is 8.88. The molecule has 1 atom stereocenters. The maximum atomic E-state index is 13.1. The fourth-order valence-electron chi connectivity index (χ4n) is 4.03. The van der Waals surface area contributed by atoms with E-state index in [1.807, 2.05) is 24.3 Å². The van der Waals surface area contributed by atoms with E-state index >= 15 is 0 Å². The van der Waals surface area contributed by atoms with Crippen LogP contribution in [-0.4, -0.2) is 61.2 Å². The van der Waals surface area contributed by atoms with E-state index in [2.05, 4.69) is 12.2 Å². The van der Waals surface area contributed by atoms with Crippen LogP contribution in [0, 0.1) is 0 Å². The van der Waals surface area contributed by atoms with Gasteiger partial charge in [-0.3, -0.25) is 0 Å². The van der Waals surface area contributed by atoms with Crippen molar-refractivity contribution >= 4 is 17.7 Å². The molecule has 2 aromatic rings. The highest BCUT2D eigenvalue weighted by molar-refractivity contribution is 5.89. The third kappa shape index (κ3) is 9.17. The van der Waals surface area contributed by atoms with Crippen molar-refractivity contribution < 1.29 is 33.6 Å². The summed E-state index contributed by atoms with van der Waals surface area (Å²) in [7, 11) is 0. The molecule has 1 unspecified atom stereocenters. The number of carbonyl (C=O) groups is 2. The highest BCUT2D eigenvalue weighted by Gasteiger charge is 2.19. The molecule has 0 saturated heterocycles. The van der Waals surface area contributed by atoms with Gasteiger partial charge in [-0.25, -0.2) is 9.59 Å². The van der Waals surface area contributed by atoms with Crippen molar-refractivity contribution in [1.82, 2.24) is 4.90 Å². The number of hydrogen-bond acceptors (Lipinski definition) is 6. The SMILES string of the molecule is CCCCCCCN(CCOc1ccc(CC(OCC)C(=O)O)cc1)C(=O)Nc1ccc2c(c1)OCO2. The van der Waals surface area contributed by atoms with Crippen molar-refractivity contribution in [3.8, 4) is 17.2 Å². The maximum absolute atomic E-state index is 13.1. The lowest BCUT2D eigenvalue weighted by molar-refractivity contribution is -0.149. The minimum atomic E-state index is -0.976. The molecule has 1 aliphatic heterocycles. The van der Waals surface area contributed by atoms with Crippen LogP contribution in [-0.2, 0) is 16.0 Å². The first-order valence-electron chi connectivity index (χ1n) is 13.0. The van der Waals surface area contributed by atoms with Gasteiger partial charge in [0.2, 0.25) is 6.79 Å². The highest BCUT2D eigenvalue weighted by Crippen LogP contribution is 2.34. The Morgan fingerprint density at radius 3 is 2.49 bits per heavy atom. The molecule has 0 aromatic heterocycles. The summed E-state index contributed by atoms with van der Waals surface area (Å²) in [5.41, 5.74) is 1.50. The van der Waals surface area contributed by atoms with E-state index in [9.17, 15) is 14.7 Å². The third-order valence-corrected chi connectivity index (χ3v) is 6.06. The summed E-state index contributed by atoms with van der Waals surface area (Å²) in [5.74, 6) is 0.968. The number of anilines is 1. The standard InChI is InChI=1S/C28H38N2O7/c1-3-5-6-7-8-15-30(28(33)29-22-11-14-24-25(19-22)37-20-36-24)16-17-35-23-12-9-21(10-13-23)18-26(27(31)32)34-4-2/h9-14,19,26H,3-8,15-18,20H2,1-2H3,(H,29,33)(H,31,32). The molecule has 202 valence electrons. The van der Waals surface area contributed by atoms with Crippen molar-refractivity contribution in [3.05, 3.63) is 48.0 Å². The van der Waals surface area contributed by atoms with E-state index in [1.54, 1.807) is 30.0 Å². The number of aliphatic carboxylic acids is 1. The van der Waals surface area contributed by atoms with Gasteiger partial charge in [-0.05, 0) is 43.2 Å². The van der Waals surface area contributed by atoms with Gasteiger partial charge >= 0.3 is 12.0 Å². The smallest absolute Gasteiger partial charge is 0.333 e. The number of ether oxygens (including phenoxy) is 4. The number of hydrogen-bond donors (Lipinski definition) is 2. The lowest BCUT2D eigenvalue weighted by atomic mass is 10.1.